The minimum absolute atomic E-state index is 0.531. The zero-order chi connectivity index (χ0) is 13.7. The van der Waals surface area contributed by atoms with Crippen molar-refractivity contribution in [1.82, 2.24) is 0 Å². The molecule has 2 atom stereocenters. The molecule has 0 amide bonds. The second-order valence-electron chi connectivity index (χ2n) is 5.25. The Kier molecular flexibility index (Phi) is 4.56. The van der Waals surface area contributed by atoms with Crippen LogP contribution in [0.4, 0.5) is 0 Å². The van der Waals surface area contributed by atoms with Crippen molar-refractivity contribution in [3.8, 4) is 0 Å². The van der Waals surface area contributed by atoms with Gasteiger partial charge >= 0.3 is 0 Å². The lowest BCUT2D eigenvalue weighted by Gasteiger charge is -2.28. The van der Waals surface area contributed by atoms with Gasteiger partial charge in [-0.1, -0.05) is 55.8 Å². The van der Waals surface area contributed by atoms with Gasteiger partial charge in [0.05, 0.1) is 6.10 Å². The van der Waals surface area contributed by atoms with Crippen molar-refractivity contribution >= 4 is 0 Å². The Morgan fingerprint density at radius 1 is 1.16 bits per heavy atom. The van der Waals surface area contributed by atoms with Crippen molar-refractivity contribution in [2.45, 2.75) is 44.3 Å². The van der Waals surface area contributed by atoms with E-state index in [1.807, 2.05) is 24.3 Å². The van der Waals surface area contributed by atoms with Gasteiger partial charge in [-0.05, 0) is 36.5 Å². The van der Waals surface area contributed by atoms with Gasteiger partial charge in [-0.3, -0.25) is 0 Å². The zero-order valence-electron chi connectivity index (χ0n) is 11.4. The fourth-order valence-electron chi connectivity index (χ4n) is 2.49. The lowest BCUT2D eigenvalue weighted by Crippen LogP contribution is -2.30. The third kappa shape index (κ3) is 3.79. The second-order valence-corrected chi connectivity index (χ2v) is 5.25. The topological polar surface area (TPSA) is 40.5 Å². The van der Waals surface area contributed by atoms with Gasteiger partial charge in [-0.2, -0.15) is 0 Å². The minimum Gasteiger partial charge on any atom is -0.385 e. The second kappa shape index (κ2) is 6.18. The SMILES string of the molecule is CCCC1=CC(O)(CCc2ccccc2)C=CC1O. The number of aliphatic hydroxyl groups is 2. The number of aliphatic hydroxyl groups excluding tert-OH is 1. The Hall–Kier alpha value is -1.38. The summed E-state index contributed by atoms with van der Waals surface area (Å²) in [7, 11) is 0. The Labute approximate surface area is 115 Å². The Balaban J connectivity index is 2.04. The van der Waals surface area contributed by atoms with Gasteiger partial charge in [0.15, 0.2) is 0 Å². The van der Waals surface area contributed by atoms with Crippen LogP contribution in [0.15, 0.2) is 54.1 Å². The first kappa shape index (κ1) is 14.0. The smallest absolute Gasteiger partial charge is 0.102 e. The molecule has 0 radical (unpaired) electrons. The predicted octanol–water partition coefficient (Wildman–Crippen LogP) is 3.01. The number of rotatable bonds is 5. The average Bonchev–Trinajstić information content (AvgIpc) is 2.43. The predicted molar refractivity (Wildman–Crippen MR) is 77.9 cm³/mol. The summed E-state index contributed by atoms with van der Waals surface area (Å²) < 4.78 is 0. The quantitative estimate of drug-likeness (QED) is 0.797. The van der Waals surface area contributed by atoms with Crippen molar-refractivity contribution in [3.63, 3.8) is 0 Å². The molecule has 0 saturated carbocycles. The van der Waals surface area contributed by atoms with Crippen LogP contribution in [0.5, 0.6) is 0 Å². The molecule has 2 unspecified atom stereocenters. The maximum Gasteiger partial charge on any atom is 0.102 e. The van der Waals surface area contributed by atoms with Crippen LogP contribution in [0, 0.1) is 0 Å². The molecule has 1 aliphatic rings. The van der Waals surface area contributed by atoms with Crippen molar-refractivity contribution < 1.29 is 10.2 Å². The van der Waals surface area contributed by atoms with Crippen LogP contribution in [0.2, 0.25) is 0 Å². The number of aryl methyl sites for hydroxylation is 1. The third-order valence-electron chi connectivity index (χ3n) is 3.58. The highest BCUT2D eigenvalue weighted by Gasteiger charge is 2.26. The lowest BCUT2D eigenvalue weighted by molar-refractivity contribution is 0.122. The summed E-state index contributed by atoms with van der Waals surface area (Å²) in [5.41, 5.74) is 1.24. The maximum atomic E-state index is 10.6. The van der Waals surface area contributed by atoms with E-state index < -0.39 is 11.7 Å². The van der Waals surface area contributed by atoms with Gasteiger partial charge in [0.25, 0.3) is 0 Å². The molecule has 102 valence electrons. The van der Waals surface area contributed by atoms with E-state index in [2.05, 4.69) is 19.1 Å². The molecule has 0 fully saturated rings. The van der Waals surface area contributed by atoms with E-state index in [1.165, 1.54) is 5.56 Å². The van der Waals surface area contributed by atoms with Gasteiger partial charge in [0, 0.05) is 0 Å². The average molecular weight is 258 g/mol. The summed E-state index contributed by atoms with van der Waals surface area (Å²) in [6.45, 7) is 2.08. The van der Waals surface area contributed by atoms with Crippen molar-refractivity contribution in [1.29, 1.82) is 0 Å². The molecule has 0 aliphatic heterocycles. The third-order valence-corrected chi connectivity index (χ3v) is 3.58. The highest BCUT2D eigenvalue weighted by atomic mass is 16.3. The molecule has 1 aliphatic carbocycles. The van der Waals surface area contributed by atoms with Gasteiger partial charge in [0.2, 0.25) is 0 Å². The highest BCUT2D eigenvalue weighted by Crippen LogP contribution is 2.27. The van der Waals surface area contributed by atoms with Gasteiger partial charge in [-0.15, -0.1) is 0 Å². The molecule has 2 N–H and O–H groups in total. The molecular weight excluding hydrogens is 236 g/mol. The van der Waals surface area contributed by atoms with Crippen LogP contribution in [0.3, 0.4) is 0 Å². The zero-order valence-corrected chi connectivity index (χ0v) is 11.4. The normalized spacial score (nSPS) is 26.3. The molecule has 19 heavy (non-hydrogen) atoms. The summed E-state index contributed by atoms with van der Waals surface area (Å²) in [6, 6.07) is 10.2. The Morgan fingerprint density at radius 2 is 1.89 bits per heavy atom. The largest absolute Gasteiger partial charge is 0.385 e. The van der Waals surface area contributed by atoms with E-state index in [9.17, 15) is 10.2 Å². The number of benzene rings is 1. The minimum atomic E-state index is -0.917. The van der Waals surface area contributed by atoms with E-state index in [1.54, 1.807) is 12.2 Å². The van der Waals surface area contributed by atoms with Gasteiger partial charge in [0.1, 0.15) is 5.60 Å². The van der Waals surface area contributed by atoms with E-state index in [0.717, 1.165) is 24.8 Å². The maximum absolute atomic E-state index is 10.6. The van der Waals surface area contributed by atoms with Crippen LogP contribution in [0.25, 0.3) is 0 Å². The summed E-state index contributed by atoms with van der Waals surface area (Å²) in [4.78, 5) is 0. The highest BCUT2D eigenvalue weighted by molar-refractivity contribution is 5.31. The number of hydrogen-bond acceptors (Lipinski definition) is 2. The summed E-state index contributed by atoms with van der Waals surface area (Å²) in [5, 5.41) is 20.4. The van der Waals surface area contributed by atoms with E-state index in [4.69, 9.17) is 0 Å². The van der Waals surface area contributed by atoms with Crippen LogP contribution >= 0.6 is 0 Å². The van der Waals surface area contributed by atoms with Crippen LogP contribution in [0.1, 0.15) is 31.7 Å². The van der Waals surface area contributed by atoms with E-state index >= 15 is 0 Å². The van der Waals surface area contributed by atoms with E-state index in [-0.39, 0.29) is 0 Å². The fourth-order valence-corrected chi connectivity index (χ4v) is 2.49. The molecule has 0 heterocycles. The molecule has 1 aromatic rings. The Bertz CT molecular complexity index is 461. The van der Waals surface area contributed by atoms with Gasteiger partial charge < -0.3 is 10.2 Å². The summed E-state index contributed by atoms with van der Waals surface area (Å²) >= 11 is 0. The van der Waals surface area contributed by atoms with Crippen LogP contribution < -0.4 is 0 Å². The summed E-state index contributed by atoms with van der Waals surface area (Å²) in [5.74, 6) is 0. The van der Waals surface area contributed by atoms with Crippen molar-refractivity contribution in [3.05, 3.63) is 59.7 Å². The van der Waals surface area contributed by atoms with Crippen LogP contribution in [-0.4, -0.2) is 21.9 Å². The molecule has 2 rings (SSSR count). The molecule has 1 aromatic carbocycles. The molecule has 0 saturated heterocycles. The molecule has 2 nitrogen and oxygen atoms in total. The molecule has 0 bridgehead atoms. The molecular formula is C17H22O2. The Morgan fingerprint density at radius 3 is 2.58 bits per heavy atom. The first-order valence-electron chi connectivity index (χ1n) is 6.98. The van der Waals surface area contributed by atoms with Crippen molar-refractivity contribution in [2.24, 2.45) is 0 Å². The van der Waals surface area contributed by atoms with Gasteiger partial charge in [-0.25, -0.2) is 0 Å². The summed E-state index contributed by atoms with van der Waals surface area (Å²) in [6.07, 6.45) is 8.02. The first-order valence-corrected chi connectivity index (χ1v) is 6.98. The lowest BCUT2D eigenvalue weighted by atomic mass is 9.85. The molecule has 2 heteroatoms. The number of hydrogen-bond donors (Lipinski definition) is 2. The van der Waals surface area contributed by atoms with Crippen molar-refractivity contribution in [2.75, 3.05) is 0 Å². The first-order chi connectivity index (χ1) is 9.13. The molecule has 0 aromatic heterocycles. The van der Waals surface area contributed by atoms with Crippen LogP contribution in [-0.2, 0) is 6.42 Å². The monoisotopic (exact) mass is 258 g/mol. The standard InChI is InChI=1S/C17H22O2/c1-2-6-15-13-17(19,12-10-16(15)18)11-9-14-7-4-3-5-8-14/h3-5,7-8,10,12-13,16,18-19H,2,6,9,11H2,1H3. The molecule has 0 spiro atoms. The van der Waals surface area contributed by atoms with E-state index in [0.29, 0.717) is 6.42 Å². The fraction of sp³-hybridized carbons (Fsp3) is 0.412.